The Morgan fingerprint density at radius 2 is 2.00 bits per heavy atom. The van der Waals surface area contributed by atoms with Crippen molar-refractivity contribution in [3.8, 4) is 0 Å². The van der Waals surface area contributed by atoms with Crippen LogP contribution in [-0.4, -0.2) is 22.5 Å². The fourth-order valence-electron chi connectivity index (χ4n) is 2.47. The van der Waals surface area contributed by atoms with E-state index in [2.05, 4.69) is 15.3 Å². The van der Waals surface area contributed by atoms with Gasteiger partial charge in [-0.15, -0.1) is 0 Å². The molecule has 2 heterocycles. The number of nitrogens with zero attached hydrogens (tertiary/aromatic N) is 2. The Kier molecular flexibility index (Phi) is 3.55. The maximum Gasteiger partial charge on any atom is 0.277 e. The molecule has 5 nitrogen and oxygen atoms in total. The van der Waals surface area contributed by atoms with E-state index in [1.54, 1.807) is 30.6 Å². The minimum Gasteiger partial charge on any atom is -0.325 e. The molecular weight excluding hydrogens is 278 g/mol. The summed E-state index contributed by atoms with van der Waals surface area (Å²) >= 11 is 0. The lowest BCUT2D eigenvalue weighted by Crippen LogP contribution is -2.35. The van der Waals surface area contributed by atoms with E-state index in [4.69, 9.17) is 0 Å². The molecule has 1 aliphatic heterocycles. The van der Waals surface area contributed by atoms with Crippen LogP contribution in [0.15, 0.2) is 64.6 Å². The van der Waals surface area contributed by atoms with Crippen LogP contribution in [0.5, 0.6) is 0 Å². The first kappa shape index (κ1) is 14.1. The van der Waals surface area contributed by atoms with Crippen LogP contribution in [0.25, 0.3) is 0 Å². The SMILES string of the molecule is CC1=C(C)C2C=CC(=NC(=O)c3ccncc3)C=C2NC1=O. The summed E-state index contributed by atoms with van der Waals surface area (Å²) in [5.41, 5.74) is 3.53. The summed E-state index contributed by atoms with van der Waals surface area (Å²) in [6.45, 7) is 3.76. The highest BCUT2D eigenvalue weighted by Gasteiger charge is 2.27. The number of rotatable bonds is 1. The molecule has 0 saturated carbocycles. The first-order valence-electron chi connectivity index (χ1n) is 6.98. The van der Waals surface area contributed by atoms with Gasteiger partial charge in [0.1, 0.15) is 0 Å². The van der Waals surface area contributed by atoms with Gasteiger partial charge in [0.25, 0.3) is 11.8 Å². The molecule has 0 saturated heterocycles. The van der Waals surface area contributed by atoms with Crippen molar-refractivity contribution in [2.45, 2.75) is 13.8 Å². The topological polar surface area (TPSA) is 71.4 Å². The number of amides is 2. The van der Waals surface area contributed by atoms with Gasteiger partial charge in [0, 0.05) is 35.1 Å². The lowest BCUT2D eigenvalue weighted by atomic mass is 9.85. The average Bonchev–Trinajstić information content (AvgIpc) is 2.53. The Morgan fingerprint density at radius 1 is 1.27 bits per heavy atom. The molecule has 0 fully saturated rings. The van der Waals surface area contributed by atoms with Gasteiger partial charge in [0.15, 0.2) is 0 Å². The van der Waals surface area contributed by atoms with Crippen molar-refractivity contribution in [2.75, 3.05) is 0 Å². The lowest BCUT2D eigenvalue weighted by Gasteiger charge is -2.28. The molecule has 2 aliphatic rings. The van der Waals surface area contributed by atoms with Gasteiger partial charge in [-0.25, -0.2) is 4.99 Å². The molecule has 1 aromatic heterocycles. The van der Waals surface area contributed by atoms with E-state index in [9.17, 15) is 9.59 Å². The van der Waals surface area contributed by atoms with Gasteiger partial charge < -0.3 is 5.32 Å². The summed E-state index contributed by atoms with van der Waals surface area (Å²) in [5.74, 6) is -0.384. The third kappa shape index (κ3) is 2.53. The summed E-state index contributed by atoms with van der Waals surface area (Å²) < 4.78 is 0. The third-order valence-electron chi connectivity index (χ3n) is 3.91. The summed E-state index contributed by atoms with van der Waals surface area (Å²) in [5, 5.41) is 2.85. The fraction of sp³-hybridized carbons (Fsp3) is 0.176. The number of hydrogen-bond donors (Lipinski definition) is 1. The maximum atomic E-state index is 12.1. The van der Waals surface area contributed by atoms with Gasteiger partial charge in [-0.05, 0) is 38.1 Å². The van der Waals surface area contributed by atoms with E-state index in [0.717, 1.165) is 16.8 Å². The quantitative estimate of drug-likeness (QED) is 0.862. The van der Waals surface area contributed by atoms with Crippen LogP contribution in [0.1, 0.15) is 24.2 Å². The Morgan fingerprint density at radius 3 is 2.73 bits per heavy atom. The minimum absolute atomic E-state index is 0.0488. The number of pyridine rings is 1. The molecule has 22 heavy (non-hydrogen) atoms. The average molecular weight is 293 g/mol. The summed E-state index contributed by atoms with van der Waals surface area (Å²) in [6, 6.07) is 3.24. The number of hydrogen-bond acceptors (Lipinski definition) is 3. The van der Waals surface area contributed by atoms with Gasteiger partial charge in [-0.1, -0.05) is 11.6 Å². The van der Waals surface area contributed by atoms with Gasteiger partial charge in [-0.3, -0.25) is 14.6 Å². The highest BCUT2D eigenvalue weighted by Crippen LogP contribution is 2.29. The van der Waals surface area contributed by atoms with Crippen LogP contribution in [0.4, 0.5) is 0 Å². The second-order valence-electron chi connectivity index (χ2n) is 5.28. The smallest absolute Gasteiger partial charge is 0.277 e. The normalized spacial score (nSPS) is 22.3. The Bertz CT molecular complexity index is 770. The highest BCUT2D eigenvalue weighted by atomic mass is 16.2. The Hall–Kier alpha value is -2.82. The molecule has 5 heteroatoms. The summed E-state index contributed by atoms with van der Waals surface area (Å²) in [4.78, 5) is 31.9. The van der Waals surface area contributed by atoms with Crippen LogP contribution in [0.3, 0.4) is 0 Å². The second-order valence-corrected chi connectivity index (χ2v) is 5.28. The molecular formula is C17H15N3O2. The largest absolute Gasteiger partial charge is 0.325 e. The van der Waals surface area contributed by atoms with Crippen molar-refractivity contribution < 1.29 is 9.59 Å². The zero-order chi connectivity index (χ0) is 15.7. The Balaban J connectivity index is 1.90. The predicted octanol–water partition coefficient (Wildman–Crippen LogP) is 2.20. The van der Waals surface area contributed by atoms with Crippen molar-refractivity contribution in [3.63, 3.8) is 0 Å². The number of carbonyl (C=O) groups excluding carboxylic acids is 2. The number of nitrogens with one attached hydrogen (secondary N) is 1. The second kappa shape index (κ2) is 5.52. The third-order valence-corrected chi connectivity index (χ3v) is 3.91. The van der Waals surface area contributed by atoms with Crippen LogP contribution in [-0.2, 0) is 4.79 Å². The van der Waals surface area contributed by atoms with E-state index in [1.807, 2.05) is 26.0 Å². The Labute approximate surface area is 128 Å². The van der Waals surface area contributed by atoms with Gasteiger partial charge in [-0.2, -0.15) is 0 Å². The number of fused-ring (bicyclic) bond motifs is 1. The molecule has 1 aromatic rings. The number of allylic oxidation sites excluding steroid dienone is 3. The number of carbonyl (C=O) groups is 2. The minimum atomic E-state index is -0.331. The monoisotopic (exact) mass is 293 g/mol. The fourth-order valence-corrected chi connectivity index (χ4v) is 2.47. The van der Waals surface area contributed by atoms with Gasteiger partial charge >= 0.3 is 0 Å². The van der Waals surface area contributed by atoms with Crippen LogP contribution in [0.2, 0.25) is 0 Å². The van der Waals surface area contributed by atoms with Crippen LogP contribution < -0.4 is 5.32 Å². The van der Waals surface area contributed by atoms with Gasteiger partial charge in [0.2, 0.25) is 0 Å². The van der Waals surface area contributed by atoms with Crippen molar-refractivity contribution in [1.82, 2.24) is 10.3 Å². The number of aromatic nitrogens is 1. The molecule has 0 radical (unpaired) electrons. The van der Waals surface area contributed by atoms with Crippen molar-refractivity contribution >= 4 is 17.5 Å². The molecule has 0 bridgehead atoms. The van der Waals surface area contributed by atoms with Crippen LogP contribution in [0, 0.1) is 5.92 Å². The van der Waals surface area contributed by atoms with E-state index >= 15 is 0 Å². The summed E-state index contributed by atoms with van der Waals surface area (Å²) in [6.07, 6.45) is 8.61. The van der Waals surface area contributed by atoms with Crippen molar-refractivity contribution in [3.05, 3.63) is 65.2 Å². The molecule has 1 aliphatic carbocycles. The molecule has 0 aromatic carbocycles. The standard InChI is InChI=1S/C17H15N3O2/c1-10-11(2)16(21)20-15-9-13(3-4-14(10)15)19-17(22)12-5-7-18-8-6-12/h3-9,14H,1-2H3,(H,20,21). The maximum absolute atomic E-state index is 12.1. The molecule has 1 unspecified atom stereocenters. The first-order chi connectivity index (χ1) is 10.6. The predicted molar refractivity (Wildman–Crippen MR) is 83.2 cm³/mol. The van der Waals surface area contributed by atoms with Crippen molar-refractivity contribution in [2.24, 2.45) is 10.9 Å². The highest BCUT2D eigenvalue weighted by molar-refractivity contribution is 6.14. The molecule has 2 amide bonds. The van der Waals surface area contributed by atoms with Crippen molar-refractivity contribution in [1.29, 1.82) is 0 Å². The number of aliphatic imine (C=N–C) groups is 1. The first-order valence-corrected chi connectivity index (χ1v) is 6.98. The lowest BCUT2D eigenvalue weighted by molar-refractivity contribution is -0.117. The molecule has 3 rings (SSSR count). The molecule has 1 atom stereocenters. The molecule has 1 N–H and O–H groups in total. The van der Waals surface area contributed by atoms with Gasteiger partial charge in [0.05, 0.1) is 5.71 Å². The zero-order valence-corrected chi connectivity index (χ0v) is 12.3. The molecule has 0 spiro atoms. The van der Waals surface area contributed by atoms with E-state index in [1.165, 1.54) is 0 Å². The zero-order valence-electron chi connectivity index (χ0n) is 12.3. The van der Waals surface area contributed by atoms with E-state index in [-0.39, 0.29) is 17.7 Å². The summed E-state index contributed by atoms with van der Waals surface area (Å²) in [7, 11) is 0. The van der Waals surface area contributed by atoms with E-state index in [0.29, 0.717) is 11.3 Å². The van der Waals surface area contributed by atoms with E-state index < -0.39 is 0 Å². The molecule has 110 valence electrons. The van der Waals surface area contributed by atoms with Crippen LogP contribution >= 0.6 is 0 Å².